The number of aromatic nitrogens is 2. The van der Waals surface area contributed by atoms with Crippen molar-refractivity contribution in [2.75, 3.05) is 12.4 Å². The first kappa shape index (κ1) is 13.0. The van der Waals surface area contributed by atoms with Crippen LogP contribution in [-0.2, 0) is 6.42 Å². The van der Waals surface area contributed by atoms with Crippen LogP contribution in [0.2, 0.25) is 0 Å². The van der Waals surface area contributed by atoms with Gasteiger partial charge in [0.1, 0.15) is 5.82 Å². The first-order chi connectivity index (χ1) is 8.65. The fraction of sp³-hybridized carbons (Fsp3) is 0.286. The smallest absolute Gasteiger partial charge is 0.161 e. The van der Waals surface area contributed by atoms with E-state index in [0.717, 1.165) is 39.4 Å². The molecule has 4 heteroatoms. The van der Waals surface area contributed by atoms with Gasteiger partial charge in [0.2, 0.25) is 0 Å². The Balaban J connectivity index is 2.54. The third-order valence-corrected chi connectivity index (χ3v) is 3.45. The summed E-state index contributed by atoms with van der Waals surface area (Å²) in [6.07, 6.45) is 0.909. The number of aryl methyl sites for hydroxylation is 1. The molecule has 1 heterocycles. The van der Waals surface area contributed by atoms with Crippen molar-refractivity contribution in [1.82, 2.24) is 9.97 Å². The van der Waals surface area contributed by atoms with E-state index >= 15 is 0 Å². The zero-order chi connectivity index (χ0) is 13.1. The number of benzene rings is 1. The first-order valence-corrected chi connectivity index (χ1v) is 6.76. The van der Waals surface area contributed by atoms with Gasteiger partial charge in [-0.15, -0.1) is 0 Å². The van der Waals surface area contributed by atoms with Gasteiger partial charge in [-0.3, -0.25) is 0 Å². The van der Waals surface area contributed by atoms with Crippen LogP contribution in [0, 0.1) is 6.92 Å². The van der Waals surface area contributed by atoms with Crippen molar-refractivity contribution in [3.8, 4) is 11.4 Å². The molecule has 0 amide bonds. The highest BCUT2D eigenvalue weighted by atomic mass is 79.9. The number of nitrogens with zero attached hydrogens (tertiary/aromatic N) is 2. The zero-order valence-corrected chi connectivity index (χ0v) is 12.4. The van der Waals surface area contributed by atoms with E-state index in [-0.39, 0.29) is 0 Å². The number of nitrogens with one attached hydrogen (secondary N) is 1. The van der Waals surface area contributed by atoms with E-state index in [9.17, 15) is 0 Å². The number of hydrogen-bond acceptors (Lipinski definition) is 3. The molecule has 0 saturated heterocycles. The minimum Gasteiger partial charge on any atom is -0.373 e. The third kappa shape index (κ3) is 2.53. The van der Waals surface area contributed by atoms with Gasteiger partial charge in [0.25, 0.3) is 0 Å². The van der Waals surface area contributed by atoms with Gasteiger partial charge in [-0.25, -0.2) is 9.97 Å². The summed E-state index contributed by atoms with van der Waals surface area (Å²) in [6.45, 7) is 4.16. The molecule has 18 heavy (non-hydrogen) atoms. The molecule has 0 fully saturated rings. The Bertz CT molecular complexity index is 524. The lowest BCUT2D eigenvalue weighted by molar-refractivity contribution is 0.977. The maximum Gasteiger partial charge on any atom is 0.161 e. The average Bonchev–Trinajstić information content (AvgIpc) is 2.40. The van der Waals surface area contributed by atoms with E-state index in [1.54, 1.807) is 0 Å². The van der Waals surface area contributed by atoms with Gasteiger partial charge in [0.15, 0.2) is 5.82 Å². The van der Waals surface area contributed by atoms with Crippen LogP contribution in [0.25, 0.3) is 11.4 Å². The van der Waals surface area contributed by atoms with Crippen molar-refractivity contribution in [3.05, 3.63) is 40.0 Å². The SMILES string of the molecule is CCc1nc(-c2ccc(Br)cc2)nc(NC)c1C. The molecule has 94 valence electrons. The molecular weight excluding hydrogens is 290 g/mol. The second-order valence-corrected chi connectivity index (χ2v) is 4.99. The molecule has 1 aromatic carbocycles. The molecule has 0 aliphatic rings. The Morgan fingerprint density at radius 3 is 2.39 bits per heavy atom. The van der Waals surface area contributed by atoms with Crippen molar-refractivity contribution < 1.29 is 0 Å². The van der Waals surface area contributed by atoms with Crippen LogP contribution in [0.5, 0.6) is 0 Å². The van der Waals surface area contributed by atoms with Crippen molar-refractivity contribution in [2.45, 2.75) is 20.3 Å². The lowest BCUT2D eigenvalue weighted by Crippen LogP contribution is -2.04. The number of halogens is 1. The quantitative estimate of drug-likeness (QED) is 0.937. The fourth-order valence-electron chi connectivity index (χ4n) is 1.88. The van der Waals surface area contributed by atoms with E-state index < -0.39 is 0 Å². The van der Waals surface area contributed by atoms with Crippen LogP contribution in [0.4, 0.5) is 5.82 Å². The van der Waals surface area contributed by atoms with Crippen LogP contribution in [0.3, 0.4) is 0 Å². The third-order valence-electron chi connectivity index (χ3n) is 2.92. The Labute approximate surface area is 116 Å². The molecule has 0 saturated carbocycles. The number of rotatable bonds is 3. The Morgan fingerprint density at radius 2 is 1.83 bits per heavy atom. The summed E-state index contributed by atoms with van der Waals surface area (Å²) in [5.41, 5.74) is 3.25. The molecule has 0 aliphatic carbocycles. The van der Waals surface area contributed by atoms with Gasteiger partial charge >= 0.3 is 0 Å². The molecule has 2 aromatic rings. The molecule has 2 rings (SSSR count). The summed E-state index contributed by atoms with van der Waals surface area (Å²) in [6, 6.07) is 8.05. The zero-order valence-electron chi connectivity index (χ0n) is 10.8. The lowest BCUT2D eigenvalue weighted by Gasteiger charge is -2.11. The topological polar surface area (TPSA) is 37.8 Å². The highest BCUT2D eigenvalue weighted by Gasteiger charge is 2.09. The molecule has 0 spiro atoms. The van der Waals surface area contributed by atoms with Crippen LogP contribution < -0.4 is 5.32 Å². The van der Waals surface area contributed by atoms with Gasteiger partial charge in [0.05, 0.1) is 0 Å². The average molecular weight is 306 g/mol. The molecule has 3 nitrogen and oxygen atoms in total. The summed E-state index contributed by atoms with van der Waals surface area (Å²) in [5, 5.41) is 3.13. The normalized spacial score (nSPS) is 10.4. The van der Waals surface area contributed by atoms with Gasteiger partial charge in [-0.05, 0) is 25.5 Å². The van der Waals surface area contributed by atoms with E-state index in [4.69, 9.17) is 0 Å². The van der Waals surface area contributed by atoms with Crippen molar-refractivity contribution in [1.29, 1.82) is 0 Å². The summed E-state index contributed by atoms with van der Waals surface area (Å²) < 4.78 is 1.06. The fourth-order valence-corrected chi connectivity index (χ4v) is 2.14. The largest absolute Gasteiger partial charge is 0.373 e. The number of hydrogen-bond donors (Lipinski definition) is 1. The molecular formula is C14H16BrN3. The molecule has 1 aromatic heterocycles. The summed E-state index contributed by atoms with van der Waals surface area (Å²) in [7, 11) is 1.89. The van der Waals surface area contributed by atoms with Crippen LogP contribution in [-0.4, -0.2) is 17.0 Å². The lowest BCUT2D eigenvalue weighted by atomic mass is 10.1. The van der Waals surface area contributed by atoms with Crippen LogP contribution >= 0.6 is 15.9 Å². The maximum atomic E-state index is 4.63. The Morgan fingerprint density at radius 1 is 1.17 bits per heavy atom. The second kappa shape index (κ2) is 5.48. The summed E-state index contributed by atoms with van der Waals surface area (Å²) >= 11 is 3.43. The van der Waals surface area contributed by atoms with Crippen molar-refractivity contribution in [3.63, 3.8) is 0 Å². The molecule has 1 N–H and O–H groups in total. The molecule has 0 radical (unpaired) electrons. The standard InChI is InChI=1S/C14H16BrN3/c1-4-12-9(2)13(16-3)18-14(17-12)10-5-7-11(15)8-6-10/h5-8H,4H2,1-3H3,(H,16,17,18). The summed E-state index contributed by atoms with van der Waals surface area (Å²) in [4.78, 5) is 9.19. The maximum absolute atomic E-state index is 4.63. The number of anilines is 1. The molecule has 0 bridgehead atoms. The van der Waals surface area contributed by atoms with Crippen molar-refractivity contribution >= 4 is 21.7 Å². The highest BCUT2D eigenvalue weighted by molar-refractivity contribution is 9.10. The van der Waals surface area contributed by atoms with Crippen molar-refractivity contribution in [2.24, 2.45) is 0 Å². The highest BCUT2D eigenvalue weighted by Crippen LogP contribution is 2.23. The van der Waals surface area contributed by atoms with E-state index in [1.807, 2.05) is 31.3 Å². The molecule has 0 aliphatic heterocycles. The minimum atomic E-state index is 0.773. The monoisotopic (exact) mass is 305 g/mol. The van der Waals surface area contributed by atoms with Crippen LogP contribution in [0.1, 0.15) is 18.2 Å². The van der Waals surface area contributed by atoms with Gasteiger partial charge in [0, 0.05) is 28.3 Å². The Kier molecular flexibility index (Phi) is 3.97. The van der Waals surface area contributed by atoms with E-state index in [1.165, 1.54) is 0 Å². The second-order valence-electron chi connectivity index (χ2n) is 4.08. The predicted molar refractivity (Wildman–Crippen MR) is 78.8 cm³/mol. The van der Waals surface area contributed by atoms with Gasteiger partial charge < -0.3 is 5.32 Å². The molecule has 0 atom stereocenters. The molecule has 0 unspecified atom stereocenters. The predicted octanol–water partition coefficient (Wildman–Crippen LogP) is 3.82. The Hall–Kier alpha value is -1.42. The summed E-state index contributed by atoms with van der Waals surface area (Å²) in [5.74, 6) is 1.68. The van der Waals surface area contributed by atoms with Crippen LogP contribution in [0.15, 0.2) is 28.7 Å². The van der Waals surface area contributed by atoms with E-state index in [2.05, 4.69) is 45.1 Å². The minimum absolute atomic E-state index is 0.773. The van der Waals surface area contributed by atoms with Gasteiger partial charge in [-0.2, -0.15) is 0 Å². The van der Waals surface area contributed by atoms with Gasteiger partial charge in [-0.1, -0.05) is 35.0 Å². The first-order valence-electron chi connectivity index (χ1n) is 5.97. The van der Waals surface area contributed by atoms with E-state index in [0.29, 0.717) is 0 Å².